The summed E-state index contributed by atoms with van der Waals surface area (Å²) in [6.45, 7) is 2.70. The third-order valence-electron chi connectivity index (χ3n) is 5.09. The minimum absolute atomic E-state index is 0.555. The lowest BCUT2D eigenvalue weighted by Crippen LogP contribution is -1.95. The van der Waals surface area contributed by atoms with Gasteiger partial charge in [-0.2, -0.15) is 0 Å². The third kappa shape index (κ3) is 3.55. The Kier molecular flexibility index (Phi) is 4.96. The Morgan fingerprint density at radius 1 is 0.750 bits per heavy atom. The van der Waals surface area contributed by atoms with Gasteiger partial charge < -0.3 is 11.5 Å². The quantitative estimate of drug-likeness (QED) is 0.448. The largest absolute Gasteiger partial charge is 0.399 e. The van der Waals surface area contributed by atoms with Crippen LogP contribution < -0.4 is 11.5 Å². The summed E-state index contributed by atoms with van der Waals surface area (Å²) in [7, 11) is 0. The normalized spacial score (nSPS) is 10.8. The van der Waals surface area contributed by atoms with Gasteiger partial charge in [-0.05, 0) is 69.6 Å². The summed E-state index contributed by atoms with van der Waals surface area (Å²) in [5.41, 5.74) is 21.7. The molecule has 4 rings (SSSR count). The molecule has 0 heterocycles. The molecule has 2 nitrogen and oxygen atoms in total. The van der Waals surface area contributed by atoms with Crippen LogP contribution in [-0.4, -0.2) is 0 Å². The van der Waals surface area contributed by atoms with Crippen LogP contribution in [-0.2, 0) is 6.54 Å². The Bertz CT molecular complexity index is 1090. The third-order valence-corrected chi connectivity index (χ3v) is 5.09. The maximum Gasteiger partial charge on any atom is 0.0314 e. The number of hydrogen-bond acceptors (Lipinski definition) is 2. The second-order valence-corrected chi connectivity index (χ2v) is 7.01. The van der Waals surface area contributed by atoms with Crippen molar-refractivity contribution in [1.29, 1.82) is 0 Å². The fourth-order valence-corrected chi connectivity index (χ4v) is 3.54. The van der Waals surface area contributed by atoms with Crippen LogP contribution in [0.5, 0.6) is 0 Å². The van der Waals surface area contributed by atoms with E-state index in [2.05, 4.69) is 73.7 Å². The topological polar surface area (TPSA) is 52.0 Å². The maximum absolute atomic E-state index is 5.82. The van der Waals surface area contributed by atoms with Crippen molar-refractivity contribution >= 4 is 5.69 Å². The molecule has 2 heteroatoms. The monoisotopic (exact) mass is 363 g/mol. The van der Waals surface area contributed by atoms with Gasteiger partial charge in [-0.3, -0.25) is 0 Å². The van der Waals surface area contributed by atoms with Crippen LogP contribution in [0.15, 0.2) is 84.9 Å². The molecule has 0 amide bonds. The fraction of sp³-hybridized carbons (Fsp3) is 0.0769. The average Bonchev–Trinajstić information content (AvgIpc) is 2.74. The van der Waals surface area contributed by atoms with Gasteiger partial charge in [0.1, 0.15) is 0 Å². The molecule has 137 valence electrons. The first kappa shape index (κ1) is 18.0. The fourth-order valence-electron chi connectivity index (χ4n) is 3.54. The molecule has 0 aliphatic carbocycles. The van der Waals surface area contributed by atoms with E-state index in [0.717, 1.165) is 22.4 Å². The number of nitrogens with two attached hydrogens (primary N) is 2. The van der Waals surface area contributed by atoms with E-state index >= 15 is 0 Å². The van der Waals surface area contributed by atoms with E-state index in [4.69, 9.17) is 11.5 Å². The van der Waals surface area contributed by atoms with Gasteiger partial charge >= 0.3 is 0 Å². The van der Waals surface area contributed by atoms with Crippen LogP contribution in [0.25, 0.3) is 33.4 Å². The second kappa shape index (κ2) is 7.71. The summed E-state index contributed by atoms with van der Waals surface area (Å²) >= 11 is 0. The van der Waals surface area contributed by atoms with Crippen molar-refractivity contribution in [2.45, 2.75) is 13.5 Å². The molecule has 0 saturated carbocycles. The van der Waals surface area contributed by atoms with E-state index in [-0.39, 0.29) is 0 Å². The van der Waals surface area contributed by atoms with E-state index in [1.807, 2.05) is 24.3 Å². The Morgan fingerprint density at radius 2 is 1.39 bits per heavy atom. The number of benzene rings is 4. The summed E-state index contributed by atoms with van der Waals surface area (Å²) in [5.74, 6) is 0. The molecule has 28 heavy (non-hydrogen) atoms. The van der Waals surface area contributed by atoms with Crippen LogP contribution in [0.2, 0.25) is 0 Å². The van der Waals surface area contributed by atoms with Gasteiger partial charge in [-0.25, -0.2) is 0 Å². The molecule has 0 fully saturated rings. The van der Waals surface area contributed by atoms with Crippen LogP contribution in [0.1, 0.15) is 11.1 Å². The Morgan fingerprint density at radius 3 is 2.07 bits per heavy atom. The van der Waals surface area contributed by atoms with E-state index in [9.17, 15) is 0 Å². The Labute approximate surface area is 166 Å². The molecule has 0 bridgehead atoms. The standard InChI is InChI=1S/C26H23N2/c1-18-16-22(12-15-24(18)20-10-13-23(28)14-11-20)26-5-3-2-4-25(26)21-8-6-19(17-27)7-9-21/h2-4,6-16H,17,27-28H2,1H3. The molecule has 0 aliphatic rings. The molecular formula is C26H23N2. The van der Waals surface area contributed by atoms with Crippen LogP contribution >= 0.6 is 0 Å². The molecule has 0 aliphatic heterocycles. The van der Waals surface area contributed by atoms with Crippen molar-refractivity contribution in [3.8, 4) is 33.4 Å². The van der Waals surface area contributed by atoms with Gasteiger partial charge in [-0.15, -0.1) is 0 Å². The van der Waals surface area contributed by atoms with Gasteiger partial charge in [0, 0.05) is 12.2 Å². The zero-order valence-electron chi connectivity index (χ0n) is 15.9. The van der Waals surface area contributed by atoms with E-state index in [0.29, 0.717) is 6.54 Å². The van der Waals surface area contributed by atoms with Crippen molar-refractivity contribution < 1.29 is 0 Å². The van der Waals surface area contributed by atoms with Gasteiger partial charge in [-0.1, -0.05) is 72.8 Å². The SMILES string of the molecule is Cc1cc(-c2[c]cccc2-c2ccc(CN)cc2)ccc1-c1ccc(N)cc1. The molecule has 0 saturated heterocycles. The summed E-state index contributed by atoms with van der Waals surface area (Å²) in [5, 5.41) is 0. The van der Waals surface area contributed by atoms with Crippen molar-refractivity contribution in [3.05, 3.63) is 102 Å². The lowest BCUT2D eigenvalue weighted by atomic mass is 9.91. The highest BCUT2D eigenvalue weighted by molar-refractivity contribution is 5.84. The smallest absolute Gasteiger partial charge is 0.0314 e. The van der Waals surface area contributed by atoms with Crippen LogP contribution in [0, 0.1) is 13.0 Å². The molecule has 4 aromatic carbocycles. The molecule has 0 atom stereocenters. The maximum atomic E-state index is 5.82. The number of anilines is 1. The van der Waals surface area contributed by atoms with Gasteiger partial charge in [0.25, 0.3) is 0 Å². The highest BCUT2D eigenvalue weighted by Crippen LogP contribution is 2.34. The van der Waals surface area contributed by atoms with Crippen molar-refractivity contribution in [3.63, 3.8) is 0 Å². The highest BCUT2D eigenvalue weighted by Gasteiger charge is 2.10. The summed E-state index contributed by atoms with van der Waals surface area (Å²) < 4.78 is 0. The molecule has 0 unspecified atom stereocenters. The van der Waals surface area contributed by atoms with Gasteiger partial charge in [0.05, 0.1) is 0 Å². The minimum atomic E-state index is 0.555. The second-order valence-electron chi connectivity index (χ2n) is 7.01. The first-order chi connectivity index (χ1) is 13.7. The molecule has 4 aromatic rings. The highest BCUT2D eigenvalue weighted by atomic mass is 14.5. The molecular weight excluding hydrogens is 340 g/mol. The summed E-state index contributed by atoms with van der Waals surface area (Å²) in [6.07, 6.45) is 0. The number of aryl methyl sites for hydroxylation is 1. The molecule has 0 spiro atoms. The lowest BCUT2D eigenvalue weighted by molar-refractivity contribution is 1.07. The van der Waals surface area contributed by atoms with Gasteiger partial charge in [0.15, 0.2) is 0 Å². The minimum Gasteiger partial charge on any atom is -0.399 e. The molecule has 4 N–H and O–H groups in total. The Hall–Kier alpha value is -3.36. The van der Waals surface area contributed by atoms with Crippen molar-refractivity contribution in [2.24, 2.45) is 5.73 Å². The lowest BCUT2D eigenvalue weighted by Gasteiger charge is -2.13. The van der Waals surface area contributed by atoms with Crippen molar-refractivity contribution in [1.82, 2.24) is 0 Å². The van der Waals surface area contributed by atoms with Crippen LogP contribution in [0.3, 0.4) is 0 Å². The number of nitrogen functional groups attached to an aromatic ring is 1. The van der Waals surface area contributed by atoms with E-state index in [1.54, 1.807) is 0 Å². The summed E-state index contributed by atoms with van der Waals surface area (Å²) in [4.78, 5) is 0. The number of rotatable bonds is 4. The summed E-state index contributed by atoms with van der Waals surface area (Å²) in [6, 6.07) is 32.6. The zero-order chi connectivity index (χ0) is 19.5. The molecule has 0 aromatic heterocycles. The first-order valence-electron chi connectivity index (χ1n) is 9.43. The average molecular weight is 363 g/mol. The number of hydrogen-bond donors (Lipinski definition) is 2. The van der Waals surface area contributed by atoms with Crippen LogP contribution in [0.4, 0.5) is 5.69 Å². The molecule has 1 radical (unpaired) electrons. The first-order valence-corrected chi connectivity index (χ1v) is 9.43. The zero-order valence-corrected chi connectivity index (χ0v) is 15.9. The van der Waals surface area contributed by atoms with E-state index in [1.165, 1.54) is 27.8 Å². The predicted molar refractivity (Wildman–Crippen MR) is 119 cm³/mol. The van der Waals surface area contributed by atoms with E-state index < -0.39 is 0 Å². The Balaban J connectivity index is 1.75. The predicted octanol–water partition coefficient (Wildman–Crippen LogP) is 5.84. The van der Waals surface area contributed by atoms with Gasteiger partial charge in [0.2, 0.25) is 0 Å². The van der Waals surface area contributed by atoms with Crippen molar-refractivity contribution in [2.75, 3.05) is 5.73 Å².